The summed E-state index contributed by atoms with van der Waals surface area (Å²) in [6, 6.07) is 9.54. The summed E-state index contributed by atoms with van der Waals surface area (Å²) in [4.78, 5) is 4.38. The summed E-state index contributed by atoms with van der Waals surface area (Å²) in [5.41, 5.74) is 6.30. The third-order valence-electron chi connectivity index (χ3n) is 4.02. The largest absolute Gasteiger partial charge is 0.372 e. The van der Waals surface area contributed by atoms with Crippen molar-refractivity contribution < 1.29 is 4.74 Å². The van der Waals surface area contributed by atoms with Crippen molar-refractivity contribution in [1.29, 1.82) is 0 Å². The van der Waals surface area contributed by atoms with Gasteiger partial charge in [0.05, 0.1) is 13.2 Å². The van der Waals surface area contributed by atoms with Gasteiger partial charge in [-0.3, -0.25) is 4.98 Å². The van der Waals surface area contributed by atoms with E-state index in [-0.39, 0.29) is 0 Å². The highest BCUT2D eigenvalue weighted by molar-refractivity contribution is 5.64. The molecule has 1 N–H and O–H groups in total. The van der Waals surface area contributed by atoms with E-state index in [1.54, 1.807) is 0 Å². The molecule has 1 aliphatic heterocycles. The Morgan fingerprint density at radius 1 is 1.05 bits per heavy atom. The Balaban J connectivity index is 1.58. The average Bonchev–Trinajstić information content (AvgIpc) is 3.20. The molecule has 0 spiro atoms. The van der Waals surface area contributed by atoms with Crippen molar-refractivity contribution in [2.45, 2.75) is 38.6 Å². The van der Waals surface area contributed by atoms with E-state index in [1.165, 1.54) is 40.7 Å². The number of pyridine rings is 1. The molecule has 0 unspecified atom stereocenters. The van der Waals surface area contributed by atoms with Crippen LogP contribution in [-0.2, 0) is 24.5 Å². The van der Waals surface area contributed by atoms with Crippen molar-refractivity contribution in [2.24, 2.45) is 0 Å². The van der Waals surface area contributed by atoms with Crippen LogP contribution in [0.25, 0.3) is 11.1 Å². The molecule has 1 aromatic heterocycles. The van der Waals surface area contributed by atoms with Crippen LogP contribution in [0.1, 0.15) is 29.5 Å². The van der Waals surface area contributed by atoms with E-state index in [0.717, 1.165) is 25.8 Å². The third-order valence-corrected chi connectivity index (χ3v) is 4.02. The van der Waals surface area contributed by atoms with Gasteiger partial charge in [-0.25, -0.2) is 0 Å². The van der Waals surface area contributed by atoms with Gasteiger partial charge in [-0.05, 0) is 47.2 Å². The predicted octanol–water partition coefficient (Wildman–Crippen LogP) is 3.03. The predicted molar refractivity (Wildman–Crippen MR) is 78.0 cm³/mol. The molecular weight excluding hydrogens is 248 g/mol. The van der Waals surface area contributed by atoms with Crippen LogP contribution in [0.3, 0.4) is 0 Å². The van der Waals surface area contributed by atoms with Crippen LogP contribution in [0.15, 0.2) is 36.7 Å². The molecule has 0 saturated heterocycles. The first-order chi connectivity index (χ1) is 9.88. The lowest BCUT2D eigenvalue weighted by atomic mass is 10.0. The van der Waals surface area contributed by atoms with Gasteiger partial charge in [0.1, 0.15) is 0 Å². The van der Waals surface area contributed by atoms with Crippen molar-refractivity contribution in [3.63, 3.8) is 0 Å². The Labute approximate surface area is 119 Å². The number of ether oxygens (including phenoxy) is 1. The van der Waals surface area contributed by atoms with Crippen molar-refractivity contribution in [3.05, 3.63) is 53.3 Å². The molecule has 1 fully saturated rings. The minimum Gasteiger partial charge on any atom is -0.372 e. The number of hydrogen-bond donors (Lipinski definition) is 1. The number of hydrogen-bond acceptors (Lipinski definition) is 3. The van der Waals surface area contributed by atoms with Crippen molar-refractivity contribution in [1.82, 2.24) is 10.3 Å². The second-order valence-electron chi connectivity index (χ2n) is 5.71. The van der Waals surface area contributed by atoms with Gasteiger partial charge in [-0.15, -0.1) is 0 Å². The fourth-order valence-corrected chi connectivity index (χ4v) is 2.64. The smallest absolute Gasteiger partial charge is 0.0725 e. The SMILES string of the molecule is c1ncc(-c2ccc3c(c2)COC3)cc1CNC1CC1. The van der Waals surface area contributed by atoms with Gasteiger partial charge in [0.25, 0.3) is 0 Å². The van der Waals surface area contributed by atoms with Crippen LogP contribution in [0, 0.1) is 0 Å². The second-order valence-corrected chi connectivity index (χ2v) is 5.71. The lowest BCUT2D eigenvalue weighted by Crippen LogP contribution is -2.15. The molecule has 20 heavy (non-hydrogen) atoms. The molecule has 2 aliphatic rings. The molecule has 0 bridgehead atoms. The van der Waals surface area contributed by atoms with Gasteiger partial charge >= 0.3 is 0 Å². The highest BCUT2D eigenvalue weighted by atomic mass is 16.5. The Kier molecular flexibility index (Phi) is 3.02. The van der Waals surface area contributed by atoms with Gasteiger partial charge in [0.15, 0.2) is 0 Å². The van der Waals surface area contributed by atoms with Crippen LogP contribution < -0.4 is 5.32 Å². The first kappa shape index (κ1) is 12.1. The highest BCUT2D eigenvalue weighted by Crippen LogP contribution is 2.27. The normalized spacial score (nSPS) is 17.2. The molecule has 4 rings (SSSR count). The first-order valence-corrected chi connectivity index (χ1v) is 7.26. The number of nitrogens with one attached hydrogen (secondary N) is 1. The Morgan fingerprint density at radius 3 is 2.85 bits per heavy atom. The zero-order valence-corrected chi connectivity index (χ0v) is 11.4. The molecule has 3 heteroatoms. The number of nitrogens with zero attached hydrogens (tertiary/aromatic N) is 1. The minimum atomic E-state index is 0.732. The van der Waals surface area contributed by atoms with E-state index in [1.807, 2.05) is 12.4 Å². The summed E-state index contributed by atoms with van der Waals surface area (Å²) in [6.45, 7) is 2.40. The Bertz CT molecular complexity index is 635. The topological polar surface area (TPSA) is 34.1 Å². The van der Waals surface area contributed by atoms with E-state index in [9.17, 15) is 0 Å². The van der Waals surface area contributed by atoms with Crippen LogP contribution in [0.4, 0.5) is 0 Å². The van der Waals surface area contributed by atoms with Crippen LogP contribution in [-0.4, -0.2) is 11.0 Å². The molecule has 1 aliphatic carbocycles. The van der Waals surface area contributed by atoms with Crippen LogP contribution >= 0.6 is 0 Å². The highest BCUT2D eigenvalue weighted by Gasteiger charge is 2.20. The first-order valence-electron chi connectivity index (χ1n) is 7.26. The van der Waals surface area contributed by atoms with Crippen molar-refractivity contribution in [2.75, 3.05) is 0 Å². The standard InChI is InChI=1S/C17H18N2O/c1-2-14-10-20-11-16(14)6-13(1)15-5-12(7-18-9-15)8-19-17-3-4-17/h1-2,5-7,9,17,19H,3-4,8,10-11H2. The summed E-state index contributed by atoms with van der Waals surface area (Å²) in [7, 11) is 0. The fourth-order valence-electron chi connectivity index (χ4n) is 2.64. The quantitative estimate of drug-likeness (QED) is 0.923. The second kappa shape index (κ2) is 5.00. The summed E-state index contributed by atoms with van der Waals surface area (Å²) in [5, 5.41) is 3.53. The number of fused-ring (bicyclic) bond motifs is 1. The number of aromatic nitrogens is 1. The van der Waals surface area contributed by atoms with Crippen LogP contribution in [0.2, 0.25) is 0 Å². The maximum absolute atomic E-state index is 5.48. The number of rotatable bonds is 4. The molecule has 1 saturated carbocycles. The van der Waals surface area contributed by atoms with E-state index < -0.39 is 0 Å². The molecule has 2 heterocycles. The van der Waals surface area contributed by atoms with Crippen molar-refractivity contribution in [3.8, 4) is 11.1 Å². The van der Waals surface area contributed by atoms with E-state index >= 15 is 0 Å². The van der Waals surface area contributed by atoms with Gasteiger partial charge in [0.2, 0.25) is 0 Å². The molecule has 0 radical (unpaired) electrons. The van der Waals surface area contributed by atoms with Crippen LogP contribution in [0.5, 0.6) is 0 Å². The summed E-state index contributed by atoms with van der Waals surface area (Å²) in [5.74, 6) is 0. The third kappa shape index (κ3) is 2.47. The maximum Gasteiger partial charge on any atom is 0.0725 e. The maximum atomic E-state index is 5.48. The molecule has 2 aromatic rings. The van der Waals surface area contributed by atoms with Gasteiger partial charge < -0.3 is 10.1 Å². The average molecular weight is 266 g/mol. The van der Waals surface area contributed by atoms with E-state index in [2.05, 4.69) is 34.6 Å². The minimum absolute atomic E-state index is 0.732. The van der Waals surface area contributed by atoms with Gasteiger partial charge in [-0.2, -0.15) is 0 Å². The fraction of sp³-hybridized carbons (Fsp3) is 0.353. The summed E-state index contributed by atoms with van der Waals surface area (Å²) < 4.78 is 5.48. The summed E-state index contributed by atoms with van der Waals surface area (Å²) in [6.07, 6.45) is 6.53. The summed E-state index contributed by atoms with van der Waals surface area (Å²) >= 11 is 0. The molecule has 0 atom stereocenters. The van der Waals surface area contributed by atoms with E-state index in [4.69, 9.17) is 4.74 Å². The number of benzene rings is 1. The molecule has 0 amide bonds. The zero-order valence-electron chi connectivity index (χ0n) is 11.4. The Morgan fingerprint density at radius 2 is 1.95 bits per heavy atom. The molecule has 3 nitrogen and oxygen atoms in total. The molecule has 1 aromatic carbocycles. The monoisotopic (exact) mass is 266 g/mol. The Hall–Kier alpha value is -1.71. The molecule has 102 valence electrons. The van der Waals surface area contributed by atoms with Gasteiger partial charge in [0, 0.05) is 30.5 Å². The van der Waals surface area contributed by atoms with Gasteiger partial charge in [-0.1, -0.05) is 12.1 Å². The van der Waals surface area contributed by atoms with E-state index in [0.29, 0.717) is 0 Å². The lowest BCUT2D eigenvalue weighted by Gasteiger charge is -2.07. The van der Waals surface area contributed by atoms with Crippen molar-refractivity contribution >= 4 is 0 Å². The molecular formula is C17H18N2O. The zero-order chi connectivity index (χ0) is 13.4. The lowest BCUT2D eigenvalue weighted by molar-refractivity contribution is 0.134.